The van der Waals surface area contributed by atoms with Crippen molar-refractivity contribution in [3.63, 3.8) is 0 Å². The number of rotatable bonds is 4. The van der Waals surface area contributed by atoms with Crippen LogP contribution in [0.5, 0.6) is 0 Å². The van der Waals surface area contributed by atoms with Gasteiger partial charge in [-0.2, -0.15) is 0 Å². The molecule has 2 aliphatic rings. The van der Waals surface area contributed by atoms with Crippen molar-refractivity contribution in [1.82, 2.24) is 5.32 Å². The Morgan fingerprint density at radius 2 is 2.11 bits per heavy atom. The quantitative estimate of drug-likeness (QED) is 0.630. The highest BCUT2D eigenvalue weighted by Crippen LogP contribution is 2.46. The van der Waals surface area contributed by atoms with Crippen molar-refractivity contribution in [2.75, 3.05) is 13.7 Å². The van der Waals surface area contributed by atoms with Crippen molar-refractivity contribution in [2.24, 2.45) is 11.8 Å². The number of ketones is 1. The summed E-state index contributed by atoms with van der Waals surface area (Å²) >= 11 is 1.47. The third-order valence-corrected chi connectivity index (χ3v) is 6.00. The Morgan fingerprint density at radius 3 is 2.70 bits per heavy atom. The number of esters is 2. The van der Waals surface area contributed by atoms with Gasteiger partial charge in [0.05, 0.1) is 25.2 Å². The molecule has 0 radical (unpaired) electrons. The Hall–Kier alpha value is -2.41. The maximum Gasteiger partial charge on any atom is 0.336 e. The lowest BCUT2D eigenvalue weighted by Gasteiger charge is -2.37. The third-order valence-electron chi connectivity index (χ3n) is 5.07. The van der Waals surface area contributed by atoms with E-state index in [1.807, 2.05) is 31.4 Å². The van der Waals surface area contributed by atoms with E-state index in [0.717, 1.165) is 10.6 Å². The first-order valence-corrected chi connectivity index (χ1v) is 9.82. The molecule has 0 spiro atoms. The van der Waals surface area contributed by atoms with E-state index in [9.17, 15) is 14.4 Å². The minimum Gasteiger partial charge on any atom is -0.468 e. The highest BCUT2D eigenvalue weighted by atomic mass is 32.1. The number of carbonyl (C=O) groups excluding carboxylic acids is 3. The van der Waals surface area contributed by atoms with Crippen LogP contribution in [0.4, 0.5) is 0 Å². The Bertz CT molecular complexity index is 837. The predicted octanol–water partition coefficient (Wildman–Crippen LogP) is 2.92. The number of dihydropyridines is 1. The topological polar surface area (TPSA) is 81.7 Å². The molecule has 1 aliphatic heterocycles. The van der Waals surface area contributed by atoms with Gasteiger partial charge in [-0.1, -0.05) is 13.0 Å². The van der Waals surface area contributed by atoms with Gasteiger partial charge in [0.2, 0.25) is 0 Å². The number of hydrogen-bond acceptors (Lipinski definition) is 7. The van der Waals surface area contributed by atoms with Crippen molar-refractivity contribution in [3.8, 4) is 0 Å². The zero-order valence-electron chi connectivity index (χ0n) is 15.8. The van der Waals surface area contributed by atoms with Gasteiger partial charge in [-0.3, -0.25) is 9.59 Å². The number of methoxy groups -OCH3 is 1. The molecule has 2 heterocycles. The van der Waals surface area contributed by atoms with E-state index in [1.54, 1.807) is 6.92 Å². The molecule has 7 heteroatoms. The largest absolute Gasteiger partial charge is 0.468 e. The summed E-state index contributed by atoms with van der Waals surface area (Å²) in [5, 5.41) is 5.13. The molecule has 0 aromatic carbocycles. The molecule has 27 heavy (non-hydrogen) atoms. The lowest BCUT2D eigenvalue weighted by Crippen LogP contribution is -2.43. The monoisotopic (exact) mass is 389 g/mol. The molecule has 1 N–H and O–H groups in total. The minimum atomic E-state index is -0.861. The predicted molar refractivity (Wildman–Crippen MR) is 101 cm³/mol. The lowest BCUT2D eigenvalue weighted by molar-refractivity contribution is -0.151. The zero-order chi connectivity index (χ0) is 19.7. The summed E-state index contributed by atoms with van der Waals surface area (Å²) in [5.41, 5.74) is 2.35. The lowest BCUT2D eigenvalue weighted by atomic mass is 9.70. The van der Waals surface area contributed by atoms with E-state index in [1.165, 1.54) is 18.4 Å². The first-order valence-electron chi connectivity index (χ1n) is 8.94. The highest BCUT2D eigenvalue weighted by molar-refractivity contribution is 7.10. The van der Waals surface area contributed by atoms with Crippen LogP contribution in [-0.2, 0) is 23.9 Å². The Balaban J connectivity index is 2.14. The summed E-state index contributed by atoms with van der Waals surface area (Å²) in [5.74, 6) is -2.85. The summed E-state index contributed by atoms with van der Waals surface area (Å²) in [6.45, 7) is 5.67. The summed E-state index contributed by atoms with van der Waals surface area (Å²) in [6, 6.07) is 3.78. The van der Waals surface area contributed by atoms with Crippen LogP contribution < -0.4 is 5.32 Å². The number of hydrogen-bond donors (Lipinski definition) is 1. The zero-order valence-corrected chi connectivity index (χ0v) is 16.6. The van der Waals surface area contributed by atoms with Crippen LogP contribution in [-0.4, -0.2) is 31.4 Å². The van der Waals surface area contributed by atoms with Gasteiger partial charge >= 0.3 is 11.9 Å². The molecule has 0 saturated heterocycles. The molecule has 0 amide bonds. The maximum atomic E-state index is 13.3. The van der Waals surface area contributed by atoms with Crippen molar-refractivity contribution >= 4 is 29.1 Å². The standard InChI is InChI=1S/C20H23NO5S/c1-5-26-20(24)15-11(3)21-12-9-10(2)14(19(23)25-4)18(22)16(12)17(15)13-7-6-8-27-13/h6-8,10,14,17,21H,5,9H2,1-4H3/t10-,14-,17+/m1/s1. The smallest absolute Gasteiger partial charge is 0.336 e. The Labute approximate surface area is 162 Å². The van der Waals surface area contributed by atoms with Crippen molar-refractivity contribution in [2.45, 2.75) is 33.1 Å². The summed E-state index contributed by atoms with van der Waals surface area (Å²) in [7, 11) is 1.29. The molecule has 0 saturated carbocycles. The van der Waals surface area contributed by atoms with Crippen molar-refractivity contribution in [1.29, 1.82) is 0 Å². The second-order valence-electron chi connectivity index (χ2n) is 6.77. The van der Waals surface area contributed by atoms with Gasteiger partial charge in [-0.05, 0) is 37.6 Å². The van der Waals surface area contributed by atoms with Gasteiger partial charge in [0.15, 0.2) is 5.78 Å². The van der Waals surface area contributed by atoms with Gasteiger partial charge in [0.1, 0.15) is 5.92 Å². The molecule has 1 aliphatic carbocycles. The van der Waals surface area contributed by atoms with Crippen molar-refractivity contribution < 1.29 is 23.9 Å². The fourth-order valence-electron chi connectivity index (χ4n) is 3.90. The van der Waals surface area contributed by atoms with Crippen LogP contribution in [0.15, 0.2) is 40.1 Å². The molecule has 1 aromatic rings. The normalized spacial score (nSPS) is 25.0. The molecule has 0 bridgehead atoms. The first kappa shape index (κ1) is 19.4. The second kappa shape index (κ2) is 7.68. The molecule has 6 nitrogen and oxygen atoms in total. The summed E-state index contributed by atoms with van der Waals surface area (Å²) in [6.07, 6.45) is 0.538. The second-order valence-corrected chi connectivity index (χ2v) is 7.75. The fourth-order valence-corrected chi connectivity index (χ4v) is 4.74. The maximum absolute atomic E-state index is 13.3. The third kappa shape index (κ3) is 3.32. The van der Waals surface area contributed by atoms with Crippen LogP contribution >= 0.6 is 11.3 Å². The van der Waals surface area contributed by atoms with E-state index in [2.05, 4.69) is 5.32 Å². The number of allylic oxidation sites excluding steroid dienone is 3. The molecule has 0 unspecified atom stereocenters. The SMILES string of the molecule is CCOC(=O)C1=C(C)NC2=C(C(=O)[C@H](C(=O)OC)[C@H](C)C2)[C@H]1c1cccs1. The van der Waals surface area contributed by atoms with Crippen LogP contribution in [0.1, 0.15) is 38.0 Å². The average Bonchev–Trinajstić information content (AvgIpc) is 3.14. The van der Waals surface area contributed by atoms with E-state index in [4.69, 9.17) is 9.47 Å². The van der Waals surface area contributed by atoms with Gasteiger partial charge in [-0.15, -0.1) is 11.3 Å². The Kier molecular flexibility index (Phi) is 5.51. The molecule has 0 fully saturated rings. The average molecular weight is 389 g/mol. The van der Waals surface area contributed by atoms with Crippen LogP contribution in [0.25, 0.3) is 0 Å². The molecular weight excluding hydrogens is 366 g/mol. The first-order chi connectivity index (χ1) is 12.9. The van der Waals surface area contributed by atoms with E-state index in [-0.39, 0.29) is 18.3 Å². The van der Waals surface area contributed by atoms with Gasteiger partial charge in [0.25, 0.3) is 0 Å². The molecular formula is C20H23NO5S. The number of ether oxygens (including phenoxy) is 2. The molecule has 144 valence electrons. The van der Waals surface area contributed by atoms with Crippen LogP contribution in [0.3, 0.4) is 0 Å². The van der Waals surface area contributed by atoms with Gasteiger partial charge in [0, 0.05) is 21.8 Å². The van der Waals surface area contributed by atoms with E-state index < -0.39 is 23.8 Å². The molecule has 3 rings (SSSR count). The number of Topliss-reactive ketones (excluding diaryl/α,β-unsaturated/α-hetero) is 1. The van der Waals surface area contributed by atoms with Gasteiger partial charge < -0.3 is 14.8 Å². The molecule has 1 aromatic heterocycles. The van der Waals surface area contributed by atoms with E-state index >= 15 is 0 Å². The number of nitrogens with one attached hydrogen (secondary N) is 1. The van der Waals surface area contributed by atoms with Crippen molar-refractivity contribution in [3.05, 3.63) is 44.9 Å². The van der Waals surface area contributed by atoms with Crippen LogP contribution in [0, 0.1) is 11.8 Å². The van der Waals surface area contributed by atoms with Gasteiger partial charge in [-0.25, -0.2) is 4.79 Å². The summed E-state index contributed by atoms with van der Waals surface area (Å²) in [4.78, 5) is 39.2. The Morgan fingerprint density at radius 1 is 1.37 bits per heavy atom. The summed E-state index contributed by atoms with van der Waals surface area (Å²) < 4.78 is 10.1. The highest BCUT2D eigenvalue weighted by Gasteiger charge is 2.47. The molecule has 3 atom stereocenters. The fraction of sp³-hybridized carbons (Fsp3) is 0.450. The number of carbonyl (C=O) groups is 3. The minimum absolute atomic E-state index is 0.183. The van der Waals surface area contributed by atoms with Crippen LogP contribution in [0.2, 0.25) is 0 Å². The number of thiophene rings is 1. The van der Waals surface area contributed by atoms with E-state index in [0.29, 0.717) is 23.3 Å².